The second-order valence-corrected chi connectivity index (χ2v) is 8.59. The number of ether oxygens (including phenoxy) is 1. The van der Waals surface area contributed by atoms with Crippen LogP contribution >= 0.6 is 11.3 Å². The number of sulfonamides is 1. The Morgan fingerprint density at radius 3 is 2.86 bits per heavy atom. The minimum atomic E-state index is -3.44. The molecule has 1 N–H and O–H groups in total. The van der Waals surface area contributed by atoms with Crippen molar-refractivity contribution in [2.45, 2.75) is 51.3 Å². The summed E-state index contributed by atoms with van der Waals surface area (Å²) in [5.74, 6) is 0. The predicted octanol–water partition coefficient (Wildman–Crippen LogP) is 1.96. The van der Waals surface area contributed by atoms with Crippen molar-refractivity contribution >= 4 is 21.4 Å². The lowest BCUT2D eigenvalue weighted by atomic mass is 10.3. The summed E-state index contributed by atoms with van der Waals surface area (Å²) in [5.41, 5.74) is 0.833. The molecule has 1 aromatic rings. The molecule has 0 bridgehead atoms. The zero-order valence-electron chi connectivity index (χ0n) is 13.0. The van der Waals surface area contributed by atoms with Crippen LogP contribution in [0.5, 0.6) is 0 Å². The Morgan fingerprint density at radius 1 is 1.52 bits per heavy atom. The Labute approximate surface area is 131 Å². The molecule has 1 fully saturated rings. The van der Waals surface area contributed by atoms with Gasteiger partial charge in [0.15, 0.2) is 0 Å². The molecule has 1 aliphatic heterocycles. The maximum atomic E-state index is 12.9. The van der Waals surface area contributed by atoms with Crippen molar-refractivity contribution in [3.8, 4) is 0 Å². The second kappa shape index (κ2) is 6.75. The third kappa shape index (κ3) is 3.84. The van der Waals surface area contributed by atoms with Crippen LogP contribution in [0.2, 0.25) is 0 Å². The minimum Gasteiger partial charge on any atom is -0.376 e. The lowest BCUT2D eigenvalue weighted by Gasteiger charge is -2.30. The van der Waals surface area contributed by atoms with E-state index in [1.54, 1.807) is 4.31 Å². The normalized spacial score (nSPS) is 21.1. The highest BCUT2D eigenvalue weighted by molar-refractivity contribution is 7.89. The number of nitrogens with zero attached hydrogens (tertiary/aromatic N) is 1. The van der Waals surface area contributed by atoms with Gasteiger partial charge in [0.25, 0.3) is 0 Å². The number of hydrogen-bond donors (Lipinski definition) is 1. The first-order chi connectivity index (χ1) is 9.82. The Bertz CT molecular complexity index is 581. The lowest BCUT2D eigenvalue weighted by molar-refractivity contribution is 0.0101. The Hall–Kier alpha value is -0.470. The SMILES string of the molecule is Cc1csc(CNC(C)C)c1S(=O)(=O)N1CCOC(C)C1. The molecule has 21 heavy (non-hydrogen) atoms. The largest absolute Gasteiger partial charge is 0.376 e. The maximum Gasteiger partial charge on any atom is 0.244 e. The molecule has 0 amide bonds. The summed E-state index contributed by atoms with van der Waals surface area (Å²) in [4.78, 5) is 1.37. The van der Waals surface area contributed by atoms with Crippen molar-refractivity contribution < 1.29 is 13.2 Å². The molecule has 1 atom stereocenters. The first-order valence-electron chi connectivity index (χ1n) is 7.24. The molecular formula is C14H24N2O3S2. The third-order valence-corrected chi connectivity index (χ3v) is 6.79. The van der Waals surface area contributed by atoms with Crippen molar-refractivity contribution in [3.63, 3.8) is 0 Å². The average Bonchev–Trinajstić information content (AvgIpc) is 2.78. The van der Waals surface area contributed by atoms with Gasteiger partial charge in [-0.05, 0) is 24.8 Å². The van der Waals surface area contributed by atoms with Gasteiger partial charge in [-0.2, -0.15) is 4.31 Å². The van der Waals surface area contributed by atoms with Crippen LogP contribution in [0.1, 0.15) is 31.2 Å². The van der Waals surface area contributed by atoms with Gasteiger partial charge in [0.2, 0.25) is 10.0 Å². The predicted molar refractivity (Wildman–Crippen MR) is 85.2 cm³/mol. The van der Waals surface area contributed by atoms with Crippen LogP contribution in [0.3, 0.4) is 0 Å². The van der Waals surface area contributed by atoms with E-state index >= 15 is 0 Å². The van der Waals surface area contributed by atoms with E-state index in [4.69, 9.17) is 4.74 Å². The number of rotatable bonds is 5. The van der Waals surface area contributed by atoms with Crippen LogP contribution < -0.4 is 5.32 Å². The van der Waals surface area contributed by atoms with E-state index in [0.717, 1.165) is 10.4 Å². The molecule has 5 nitrogen and oxygen atoms in total. The summed E-state index contributed by atoms with van der Waals surface area (Å²) in [7, 11) is -3.44. The molecule has 0 aromatic carbocycles. The molecule has 120 valence electrons. The van der Waals surface area contributed by atoms with Gasteiger partial charge in [0.1, 0.15) is 4.90 Å². The molecule has 2 heterocycles. The van der Waals surface area contributed by atoms with Gasteiger partial charge in [0.05, 0.1) is 12.7 Å². The Morgan fingerprint density at radius 2 is 2.24 bits per heavy atom. The van der Waals surface area contributed by atoms with Crippen molar-refractivity contribution in [3.05, 3.63) is 15.8 Å². The van der Waals surface area contributed by atoms with Crippen LogP contribution in [0, 0.1) is 6.92 Å². The molecule has 1 unspecified atom stereocenters. The van der Waals surface area contributed by atoms with Gasteiger partial charge in [-0.3, -0.25) is 0 Å². The van der Waals surface area contributed by atoms with E-state index in [9.17, 15) is 8.42 Å². The lowest BCUT2D eigenvalue weighted by Crippen LogP contribution is -2.44. The molecule has 7 heteroatoms. The first kappa shape index (κ1) is 16.9. The number of aryl methyl sites for hydroxylation is 1. The van der Waals surface area contributed by atoms with Crippen LogP contribution in [0.4, 0.5) is 0 Å². The van der Waals surface area contributed by atoms with Gasteiger partial charge in [-0.1, -0.05) is 13.8 Å². The summed E-state index contributed by atoms with van der Waals surface area (Å²) in [6.45, 7) is 9.79. The quantitative estimate of drug-likeness (QED) is 0.895. The average molecular weight is 332 g/mol. The monoisotopic (exact) mass is 332 g/mol. The molecule has 0 saturated carbocycles. The summed E-state index contributed by atoms with van der Waals surface area (Å²) in [5, 5.41) is 5.23. The van der Waals surface area contributed by atoms with Crippen LogP contribution in [-0.2, 0) is 21.3 Å². The van der Waals surface area contributed by atoms with E-state index in [2.05, 4.69) is 19.2 Å². The van der Waals surface area contributed by atoms with Gasteiger partial charge in [-0.15, -0.1) is 11.3 Å². The summed E-state index contributed by atoms with van der Waals surface area (Å²) < 4.78 is 32.9. The molecule has 1 saturated heterocycles. The molecule has 0 aliphatic carbocycles. The van der Waals surface area contributed by atoms with Crippen LogP contribution in [-0.4, -0.2) is 44.6 Å². The van der Waals surface area contributed by atoms with Gasteiger partial charge in [0, 0.05) is 30.6 Å². The minimum absolute atomic E-state index is 0.0512. The summed E-state index contributed by atoms with van der Waals surface area (Å²) >= 11 is 1.51. The highest BCUT2D eigenvalue weighted by atomic mass is 32.2. The first-order valence-corrected chi connectivity index (χ1v) is 9.56. The molecule has 2 rings (SSSR count). The van der Waals surface area contributed by atoms with E-state index in [0.29, 0.717) is 37.2 Å². The second-order valence-electron chi connectivity index (χ2n) is 5.75. The molecule has 0 spiro atoms. The number of hydrogen-bond acceptors (Lipinski definition) is 5. The number of morpholine rings is 1. The van der Waals surface area contributed by atoms with Gasteiger partial charge >= 0.3 is 0 Å². The van der Waals surface area contributed by atoms with E-state index < -0.39 is 10.0 Å². The maximum absolute atomic E-state index is 12.9. The zero-order valence-corrected chi connectivity index (χ0v) is 14.7. The molecule has 0 radical (unpaired) electrons. The van der Waals surface area contributed by atoms with E-state index in [1.165, 1.54) is 11.3 Å². The van der Waals surface area contributed by atoms with Crippen molar-refractivity contribution in [2.75, 3.05) is 19.7 Å². The standard InChI is InChI=1S/C14H24N2O3S2/c1-10(2)15-7-13-14(11(3)9-20-13)21(17,18)16-5-6-19-12(4)8-16/h9-10,12,15H,5-8H2,1-4H3. The van der Waals surface area contributed by atoms with Gasteiger partial charge < -0.3 is 10.1 Å². The third-order valence-electron chi connectivity index (χ3n) is 3.46. The van der Waals surface area contributed by atoms with Crippen LogP contribution in [0.25, 0.3) is 0 Å². The topological polar surface area (TPSA) is 58.6 Å². The van der Waals surface area contributed by atoms with E-state index in [-0.39, 0.29) is 6.10 Å². The van der Waals surface area contributed by atoms with E-state index in [1.807, 2.05) is 19.2 Å². The Balaban J connectivity index is 2.28. The molecule has 1 aromatic heterocycles. The smallest absolute Gasteiger partial charge is 0.244 e. The summed E-state index contributed by atoms with van der Waals surface area (Å²) in [6, 6.07) is 0.325. The van der Waals surface area contributed by atoms with Crippen LogP contribution in [0.15, 0.2) is 10.3 Å². The summed E-state index contributed by atoms with van der Waals surface area (Å²) in [6.07, 6.45) is -0.0512. The fraction of sp³-hybridized carbons (Fsp3) is 0.714. The molecule has 1 aliphatic rings. The highest BCUT2D eigenvalue weighted by Crippen LogP contribution is 2.30. The van der Waals surface area contributed by atoms with Crippen molar-refractivity contribution in [1.82, 2.24) is 9.62 Å². The van der Waals surface area contributed by atoms with Gasteiger partial charge in [-0.25, -0.2) is 8.42 Å². The number of nitrogens with one attached hydrogen (secondary N) is 1. The Kier molecular flexibility index (Phi) is 5.43. The van der Waals surface area contributed by atoms with Crippen molar-refractivity contribution in [2.24, 2.45) is 0 Å². The molecular weight excluding hydrogens is 308 g/mol. The number of thiophene rings is 1. The highest BCUT2D eigenvalue weighted by Gasteiger charge is 2.32. The van der Waals surface area contributed by atoms with Crippen molar-refractivity contribution in [1.29, 1.82) is 0 Å². The fourth-order valence-electron chi connectivity index (χ4n) is 2.39. The fourth-order valence-corrected chi connectivity index (χ4v) is 5.60. The zero-order chi connectivity index (χ0) is 15.6.